The number of benzene rings is 1. The van der Waals surface area contributed by atoms with E-state index in [9.17, 15) is 31.5 Å². The van der Waals surface area contributed by atoms with Gasteiger partial charge in [-0.05, 0) is 24.3 Å². The molecule has 1 heterocycles. The van der Waals surface area contributed by atoms with Gasteiger partial charge in [0.1, 0.15) is 0 Å². The number of nitrogen functional groups attached to an aromatic ring is 1. The number of rotatable bonds is 5. The summed E-state index contributed by atoms with van der Waals surface area (Å²) >= 11 is 0.832. The molecule has 0 bridgehead atoms. The molecule has 5 nitrogen and oxygen atoms in total. The van der Waals surface area contributed by atoms with Gasteiger partial charge in [-0.3, -0.25) is 9.59 Å². The second-order valence-electron chi connectivity index (χ2n) is 5.06. The van der Waals surface area contributed by atoms with Crippen LogP contribution in [0.5, 0.6) is 0 Å². The van der Waals surface area contributed by atoms with E-state index in [1.807, 2.05) is 0 Å². The zero-order valence-corrected chi connectivity index (χ0v) is 13.7. The van der Waals surface area contributed by atoms with Gasteiger partial charge in [0.15, 0.2) is 0 Å². The third kappa shape index (κ3) is 4.28. The molecule has 2 amide bonds. The minimum Gasteiger partial charge on any atom is -0.397 e. The Bertz CT molecular complexity index is 820. The quantitative estimate of drug-likeness (QED) is 0.538. The van der Waals surface area contributed by atoms with E-state index in [1.165, 1.54) is 17.4 Å². The Labute approximate surface area is 148 Å². The summed E-state index contributed by atoms with van der Waals surface area (Å²) < 4.78 is 61.9. The highest BCUT2D eigenvalue weighted by atomic mass is 32.1. The topological polar surface area (TPSA) is 84.2 Å². The fraction of sp³-hybridized carbons (Fsp3) is 0.200. The lowest BCUT2D eigenvalue weighted by Crippen LogP contribution is -2.50. The van der Waals surface area contributed by atoms with Crippen LogP contribution >= 0.6 is 11.3 Å². The minimum absolute atomic E-state index is 0.167. The highest BCUT2D eigenvalue weighted by molar-refractivity contribution is 7.14. The molecule has 0 atom stereocenters. The lowest BCUT2D eigenvalue weighted by atomic mass is 10.2. The molecule has 1 aromatic heterocycles. The number of amides is 2. The molecule has 0 radical (unpaired) electrons. The fourth-order valence-corrected chi connectivity index (χ4v) is 2.64. The number of halogens is 5. The van der Waals surface area contributed by atoms with Gasteiger partial charge < -0.3 is 16.4 Å². The Morgan fingerprint density at radius 2 is 1.69 bits per heavy atom. The fourth-order valence-electron chi connectivity index (χ4n) is 1.80. The van der Waals surface area contributed by atoms with Crippen molar-refractivity contribution in [2.24, 2.45) is 0 Å². The number of alkyl halides is 5. The maximum atomic E-state index is 12.8. The molecule has 0 unspecified atom stereocenters. The van der Waals surface area contributed by atoms with Crippen molar-refractivity contribution in [3.63, 3.8) is 0 Å². The first kappa shape index (κ1) is 19.6. The molecule has 26 heavy (non-hydrogen) atoms. The molecule has 0 spiro atoms. The number of carbonyl (C=O) groups is 2. The van der Waals surface area contributed by atoms with Gasteiger partial charge in [-0.25, -0.2) is 0 Å². The molecule has 0 aliphatic carbocycles. The number of anilines is 2. The van der Waals surface area contributed by atoms with Crippen molar-refractivity contribution >= 4 is 34.5 Å². The zero-order chi connectivity index (χ0) is 19.5. The number of thiophene rings is 1. The summed E-state index contributed by atoms with van der Waals surface area (Å²) in [6.45, 7) is -0.573. The Morgan fingerprint density at radius 3 is 2.31 bits per heavy atom. The largest absolute Gasteiger partial charge is 0.463 e. The van der Waals surface area contributed by atoms with Gasteiger partial charge in [0.05, 0.1) is 22.8 Å². The third-order valence-electron chi connectivity index (χ3n) is 3.16. The number of nitrogens with one attached hydrogen (secondary N) is 2. The van der Waals surface area contributed by atoms with E-state index in [0.717, 1.165) is 11.3 Å². The summed E-state index contributed by atoms with van der Waals surface area (Å²) in [6.07, 6.45) is -5.98. The lowest BCUT2D eigenvalue weighted by Gasteiger charge is -2.18. The highest BCUT2D eigenvalue weighted by Gasteiger charge is 2.63. The van der Waals surface area contributed by atoms with Crippen LogP contribution in [0.15, 0.2) is 36.4 Å². The molecule has 0 aliphatic heterocycles. The first-order chi connectivity index (χ1) is 12.0. The van der Waals surface area contributed by atoms with E-state index in [2.05, 4.69) is 5.32 Å². The van der Waals surface area contributed by atoms with Gasteiger partial charge in [-0.2, -0.15) is 22.0 Å². The monoisotopic (exact) mass is 393 g/mol. The summed E-state index contributed by atoms with van der Waals surface area (Å²) in [5, 5.41) is 4.05. The molecule has 11 heteroatoms. The Hall–Kier alpha value is -2.69. The van der Waals surface area contributed by atoms with Crippen molar-refractivity contribution in [1.29, 1.82) is 0 Å². The van der Waals surface area contributed by atoms with Crippen LogP contribution in [-0.4, -0.2) is 23.9 Å². The summed E-state index contributed by atoms with van der Waals surface area (Å²) in [5.74, 6) is -8.48. The normalized spacial score (nSPS) is 11.9. The Kier molecular flexibility index (Phi) is 5.50. The van der Waals surface area contributed by atoms with Crippen molar-refractivity contribution in [2.45, 2.75) is 18.6 Å². The van der Waals surface area contributed by atoms with Crippen LogP contribution in [0, 0.1) is 0 Å². The standard InChI is InChI=1S/C15H12F5N3O2S/c16-14(17,15(18,19)20)13(25)22-7-8-5-6-11(26-8)12(24)23-10-4-2-1-3-9(10)21/h1-6H,7,21H2,(H,22,25)(H,23,24). The molecule has 2 aromatic rings. The zero-order valence-electron chi connectivity index (χ0n) is 12.9. The molecule has 1 aromatic carbocycles. The third-order valence-corrected chi connectivity index (χ3v) is 4.24. The van der Waals surface area contributed by atoms with Crippen molar-refractivity contribution < 1.29 is 31.5 Å². The molecule has 0 fully saturated rings. The molecule has 2 rings (SSSR count). The molecule has 0 saturated carbocycles. The summed E-state index contributed by atoms with van der Waals surface area (Å²) in [7, 11) is 0. The van der Waals surface area contributed by atoms with Gasteiger partial charge in [-0.15, -0.1) is 11.3 Å². The Balaban J connectivity index is 1.99. The van der Waals surface area contributed by atoms with E-state index in [0.29, 0.717) is 11.4 Å². The van der Waals surface area contributed by atoms with E-state index >= 15 is 0 Å². The summed E-state index contributed by atoms with van der Waals surface area (Å²) in [4.78, 5) is 23.5. The summed E-state index contributed by atoms with van der Waals surface area (Å²) in [6, 6.07) is 9.16. The van der Waals surface area contributed by atoms with Gasteiger partial charge in [0.25, 0.3) is 5.91 Å². The minimum atomic E-state index is -5.98. The number of hydrogen-bond acceptors (Lipinski definition) is 4. The van der Waals surface area contributed by atoms with Gasteiger partial charge in [0.2, 0.25) is 0 Å². The van der Waals surface area contributed by atoms with E-state index in [-0.39, 0.29) is 9.75 Å². The van der Waals surface area contributed by atoms with Crippen LogP contribution in [0.2, 0.25) is 0 Å². The van der Waals surface area contributed by atoms with E-state index < -0.39 is 30.5 Å². The lowest BCUT2D eigenvalue weighted by molar-refractivity contribution is -0.269. The number of hydrogen-bond donors (Lipinski definition) is 3. The van der Waals surface area contributed by atoms with Crippen LogP contribution in [0.1, 0.15) is 14.5 Å². The van der Waals surface area contributed by atoms with Crippen molar-refractivity contribution in [2.75, 3.05) is 11.1 Å². The molecule has 0 aliphatic rings. The molecule has 140 valence electrons. The first-order valence-electron chi connectivity index (χ1n) is 7.00. The van der Waals surface area contributed by atoms with Crippen molar-refractivity contribution in [3.8, 4) is 0 Å². The number of carbonyl (C=O) groups excluding carboxylic acids is 2. The smallest absolute Gasteiger partial charge is 0.397 e. The van der Waals surface area contributed by atoms with Gasteiger partial charge >= 0.3 is 18.0 Å². The highest BCUT2D eigenvalue weighted by Crippen LogP contribution is 2.35. The average Bonchev–Trinajstić information content (AvgIpc) is 3.02. The maximum Gasteiger partial charge on any atom is 0.463 e. The van der Waals surface area contributed by atoms with Crippen LogP contribution in [0.3, 0.4) is 0 Å². The summed E-state index contributed by atoms with van der Waals surface area (Å²) in [5.41, 5.74) is 6.39. The van der Waals surface area contributed by atoms with Crippen molar-refractivity contribution in [3.05, 3.63) is 46.2 Å². The predicted octanol–water partition coefficient (Wildman–Crippen LogP) is 3.40. The second kappa shape index (κ2) is 7.28. The molecule has 4 N–H and O–H groups in total. The second-order valence-corrected chi connectivity index (χ2v) is 6.23. The molecular weight excluding hydrogens is 381 g/mol. The molecule has 0 saturated heterocycles. The predicted molar refractivity (Wildman–Crippen MR) is 86.0 cm³/mol. The van der Waals surface area contributed by atoms with Gasteiger partial charge in [-0.1, -0.05) is 12.1 Å². The SMILES string of the molecule is Nc1ccccc1NC(=O)c1ccc(CNC(=O)C(F)(F)C(F)(F)F)s1. The first-order valence-corrected chi connectivity index (χ1v) is 7.81. The number of nitrogens with two attached hydrogens (primary N) is 1. The van der Waals surface area contributed by atoms with E-state index in [1.54, 1.807) is 24.3 Å². The molecular formula is C15H12F5N3O2S. The van der Waals surface area contributed by atoms with Crippen molar-refractivity contribution in [1.82, 2.24) is 5.32 Å². The van der Waals surface area contributed by atoms with Crippen LogP contribution < -0.4 is 16.4 Å². The average molecular weight is 393 g/mol. The maximum absolute atomic E-state index is 12.8. The van der Waals surface area contributed by atoms with Crippen LogP contribution in [-0.2, 0) is 11.3 Å². The number of para-hydroxylation sites is 2. The van der Waals surface area contributed by atoms with Crippen LogP contribution in [0.25, 0.3) is 0 Å². The van der Waals surface area contributed by atoms with Gasteiger partial charge in [0, 0.05) is 4.88 Å². The Morgan fingerprint density at radius 1 is 1.04 bits per heavy atom. The van der Waals surface area contributed by atoms with E-state index in [4.69, 9.17) is 5.73 Å². The van der Waals surface area contributed by atoms with Crippen LogP contribution in [0.4, 0.5) is 33.3 Å².